The van der Waals surface area contributed by atoms with Crippen LogP contribution in [0.25, 0.3) is 16.9 Å². The Bertz CT molecular complexity index is 1060. The van der Waals surface area contributed by atoms with Crippen molar-refractivity contribution in [3.8, 4) is 11.3 Å². The molecule has 26 heavy (non-hydrogen) atoms. The summed E-state index contributed by atoms with van der Waals surface area (Å²) < 4.78 is 9.24. The Morgan fingerprint density at radius 1 is 0.962 bits per heavy atom. The summed E-state index contributed by atoms with van der Waals surface area (Å²) in [7, 11) is 1.39. The predicted molar refractivity (Wildman–Crippen MR) is 103 cm³/mol. The standard InChI is InChI=1S/C21H16N2O2Se/c1-25-21(24)16-12-13-18-22-19(15-8-4-2-5-9-15)20(23(18)14-16)26-17-10-6-3-7-11-17/h2-14H,1H3. The maximum atomic E-state index is 12.0. The van der Waals surface area contributed by atoms with Crippen LogP contribution in [0.15, 0.2) is 79.0 Å². The van der Waals surface area contributed by atoms with Gasteiger partial charge in [0.2, 0.25) is 0 Å². The topological polar surface area (TPSA) is 43.6 Å². The van der Waals surface area contributed by atoms with Gasteiger partial charge < -0.3 is 0 Å². The number of ether oxygens (including phenoxy) is 1. The number of hydrogen-bond acceptors (Lipinski definition) is 3. The Morgan fingerprint density at radius 2 is 1.65 bits per heavy atom. The van der Waals surface area contributed by atoms with Crippen LogP contribution in [0.1, 0.15) is 10.4 Å². The van der Waals surface area contributed by atoms with Crippen molar-refractivity contribution in [3.05, 3.63) is 84.6 Å². The van der Waals surface area contributed by atoms with Gasteiger partial charge in [-0.15, -0.1) is 0 Å². The van der Waals surface area contributed by atoms with Crippen LogP contribution in [0.4, 0.5) is 0 Å². The van der Waals surface area contributed by atoms with Crippen molar-refractivity contribution in [1.29, 1.82) is 0 Å². The van der Waals surface area contributed by atoms with Crippen molar-refractivity contribution in [3.63, 3.8) is 0 Å². The predicted octanol–water partition coefficient (Wildman–Crippen LogP) is 2.44. The molecule has 0 saturated carbocycles. The number of nitrogens with zero attached hydrogens (tertiary/aromatic N) is 2. The molecule has 2 aromatic heterocycles. The van der Waals surface area contributed by atoms with E-state index in [2.05, 4.69) is 24.3 Å². The fourth-order valence-corrected chi connectivity index (χ4v) is 4.89. The zero-order valence-corrected chi connectivity index (χ0v) is 15.8. The van der Waals surface area contributed by atoms with E-state index >= 15 is 0 Å². The van der Waals surface area contributed by atoms with Crippen LogP contribution < -0.4 is 9.05 Å². The number of rotatable bonds is 4. The quantitative estimate of drug-likeness (QED) is 0.386. The number of imidazole rings is 1. The Labute approximate surface area is 157 Å². The number of esters is 1. The second-order valence-electron chi connectivity index (χ2n) is 5.68. The molecule has 0 aliphatic heterocycles. The van der Waals surface area contributed by atoms with Gasteiger partial charge in [0.25, 0.3) is 0 Å². The average Bonchev–Trinajstić information content (AvgIpc) is 3.06. The molecule has 0 aliphatic rings. The first kappa shape index (κ1) is 16.6. The Balaban J connectivity index is 1.92. The molecule has 2 aromatic carbocycles. The minimum absolute atomic E-state index is 0.0423. The zero-order valence-electron chi connectivity index (χ0n) is 14.1. The van der Waals surface area contributed by atoms with Crippen molar-refractivity contribution >= 4 is 35.6 Å². The van der Waals surface area contributed by atoms with Crippen molar-refractivity contribution in [2.24, 2.45) is 0 Å². The van der Waals surface area contributed by atoms with Crippen LogP contribution in [0.3, 0.4) is 0 Å². The average molecular weight is 407 g/mol. The molecule has 128 valence electrons. The summed E-state index contributed by atoms with van der Waals surface area (Å²) in [6.45, 7) is 0. The van der Waals surface area contributed by atoms with E-state index in [9.17, 15) is 4.79 Å². The van der Waals surface area contributed by atoms with E-state index < -0.39 is 0 Å². The summed E-state index contributed by atoms with van der Waals surface area (Å²) in [5.41, 5.74) is 3.37. The van der Waals surface area contributed by atoms with Crippen LogP contribution in [0, 0.1) is 0 Å². The van der Waals surface area contributed by atoms with Crippen LogP contribution >= 0.6 is 0 Å². The number of benzene rings is 2. The molecule has 0 fully saturated rings. The first-order valence-electron chi connectivity index (χ1n) is 8.15. The number of carbonyl (C=O) groups is 1. The molecular weight excluding hydrogens is 391 g/mol. The molecule has 5 heteroatoms. The van der Waals surface area contributed by atoms with Gasteiger partial charge in [-0.05, 0) is 0 Å². The third kappa shape index (κ3) is 3.15. The van der Waals surface area contributed by atoms with Crippen LogP contribution in [-0.2, 0) is 4.74 Å². The molecule has 0 amide bonds. The second-order valence-corrected chi connectivity index (χ2v) is 7.91. The third-order valence-corrected chi connectivity index (χ3v) is 6.29. The van der Waals surface area contributed by atoms with Gasteiger partial charge in [-0.1, -0.05) is 0 Å². The number of carbonyl (C=O) groups excluding carboxylic acids is 1. The normalized spacial score (nSPS) is 10.8. The molecule has 0 radical (unpaired) electrons. The first-order valence-corrected chi connectivity index (χ1v) is 9.86. The van der Waals surface area contributed by atoms with Gasteiger partial charge in [-0.25, -0.2) is 0 Å². The monoisotopic (exact) mass is 408 g/mol. The van der Waals surface area contributed by atoms with Crippen LogP contribution in [0.2, 0.25) is 0 Å². The van der Waals surface area contributed by atoms with Gasteiger partial charge in [0, 0.05) is 0 Å². The first-order chi connectivity index (χ1) is 12.8. The number of hydrogen-bond donors (Lipinski definition) is 0. The molecule has 0 N–H and O–H groups in total. The molecule has 0 atom stereocenters. The summed E-state index contributed by atoms with van der Waals surface area (Å²) in [4.78, 5) is 16.8. The summed E-state index contributed by atoms with van der Waals surface area (Å²) in [5, 5.41) is 0. The molecular formula is C21H16N2O2Se. The van der Waals surface area contributed by atoms with Gasteiger partial charge in [0.05, 0.1) is 0 Å². The molecule has 0 unspecified atom stereocenters. The Kier molecular flexibility index (Phi) is 4.57. The van der Waals surface area contributed by atoms with Crippen molar-refractivity contribution in [1.82, 2.24) is 9.38 Å². The van der Waals surface area contributed by atoms with Gasteiger partial charge in [-0.3, -0.25) is 0 Å². The molecule has 0 aliphatic carbocycles. The molecule has 4 rings (SSSR count). The Hall–Kier alpha value is -2.88. The van der Waals surface area contributed by atoms with Crippen LogP contribution in [0.5, 0.6) is 0 Å². The van der Waals surface area contributed by atoms with E-state index in [0.29, 0.717) is 5.56 Å². The zero-order chi connectivity index (χ0) is 17.9. The fourth-order valence-electron chi connectivity index (χ4n) is 2.74. The van der Waals surface area contributed by atoms with Gasteiger partial charge in [-0.2, -0.15) is 0 Å². The van der Waals surface area contributed by atoms with Crippen LogP contribution in [-0.4, -0.2) is 37.4 Å². The van der Waals surface area contributed by atoms with Gasteiger partial charge >= 0.3 is 157 Å². The molecule has 4 nitrogen and oxygen atoms in total. The maximum absolute atomic E-state index is 12.0. The summed E-state index contributed by atoms with van der Waals surface area (Å²) in [5.74, 6) is -0.347. The Morgan fingerprint density at radius 3 is 2.35 bits per heavy atom. The molecule has 0 saturated heterocycles. The van der Waals surface area contributed by atoms with Crippen molar-refractivity contribution in [2.45, 2.75) is 0 Å². The number of aromatic nitrogens is 2. The van der Waals surface area contributed by atoms with E-state index in [1.54, 1.807) is 6.07 Å². The molecule has 0 spiro atoms. The molecule has 2 heterocycles. The number of fused-ring (bicyclic) bond motifs is 1. The van der Waals surface area contributed by atoms with E-state index in [0.717, 1.165) is 21.5 Å². The second kappa shape index (κ2) is 7.16. The van der Waals surface area contributed by atoms with Crippen molar-refractivity contribution in [2.75, 3.05) is 7.11 Å². The van der Waals surface area contributed by atoms with Gasteiger partial charge in [0.15, 0.2) is 0 Å². The molecule has 0 bridgehead atoms. The summed E-state index contributed by atoms with van der Waals surface area (Å²) >= 11 is 0.0423. The van der Waals surface area contributed by atoms with E-state index in [4.69, 9.17) is 9.72 Å². The number of methoxy groups -OCH3 is 1. The third-order valence-electron chi connectivity index (χ3n) is 4.00. The summed E-state index contributed by atoms with van der Waals surface area (Å²) in [6.07, 6.45) is 1.82. The summed E-state index contributed by atoms with van der Waals surface area (Å²) in [6, 6.07) is 24.1. The number of pyridine rings is 1. The van der Waals surface area contributed by atoms with E-state index in [1.807, 2.05) is 53.1 Å². The fraction of sp³-hybridized carbons (Fsp3) is 0.0476. The SMILES string of the molecule is COC(=O)c1ccc2nc(-c3ccccc3)c([Se]c3ccccc3)n2c1. The molecule has 4 aromatic rings. The van der Waals surface area contributed by atoms with E-state index in [-0.39, 0.29) is 20.9 Å². The minimum atomic E-state index is -0.347. The van der Waals surface area contributed by atoms with Crippen molar-refractivity contribution < 1.29 is 9.53 Å². The van der Waals surface area contributed by atoms with E-state index in [1.165, 1.54) is 11.6 Å². The van der Waals surface area contributed by atoms with Gasteiger partial charge in [0.1, 0.15) is 0 Å².